The van der Waals surface area contributed by atoms with Gasteiger partial charge in [0, 0.05) is 18.9 Å². The normalized spacial score (nSPS) is 14.7. The van der Waals surface area contributed by atoms with Crippen molar-refractivity contribution >= 4 is 11.8 Å². The Labute approximate surface area is 193 Å². The number of aromatic nitrogens is 3. The van der Waals surface area contributed by atoms with Crippen LogP contribution in [0.2, 0.25) is 0 Å². The summed E-state index contributed by atoms with van der Waals surface area (Å²) in [5.74, 6) is 0.0910. The molecule has 172 valence electrons. The molecule has 0 bridgehead atoms. The van der Waals surface area contributed by atoms with Crippen LogP contribution in [-0.2, 0) is 17.9 Å². The van der Waals surface area contributed by atoms with E-state index in [2.05, 4.69) is 20.6 Å². The number of hydrogen-bond donors (Lipinski definition) is 2. The molecule has 2 atom stereocenters. The number of carbonyl (C=O) groups is 2. The van der Waals surface area contributed by atoms with Gasteiger partial charge in [-0.15, -0.1) is 0 Å². The topological polar surface area (TPSA) is 98.1 Å². The molecule has 2 amide bonds. The van der Waals surface area contributed by atoms with Crippen LogP contribution in [0.15, 0.2) is 54.9 Å². The van der Waals surface area contributed by atoms with Gasteiger partial charge in [-0.3, -0.25) is 9.59 Å². The maximum Gasteiger partial charge on any atom is 0.268 e. The predicted molar refractivity (Wildman–Crippen MR) is 124 cm³/mol. The maximum atomic E-state index is 13.3. The van der Waals surface area contributed by atoms with Crippen molar-refractivity contribution in [2.45, 2.75) is 51.9 Å². The molecule has 2 aromatic heterocycles. The van der Waals surface area contributed by atoms with Gasteiger partial charge in [0.15, 0.2) is 0 Å². The fourth-order valence-corrected chi connectivity index (χ4v) is 4.12. The van der Waals surface area contributed by atoms with E-state index in [0.717, 1.165) is 12.0 Å². The molecule has 1 aliphatic rings. The van der Waals surface area contributed by atoms with Gasteiger partial charge in [-0.1, -0.05) is 44.2 Å². The fourth-order valence-electron chi connectivity index (χ4n) is 4.12. The van der Waals surface area contributed by atoms with Crippen LogP contribution in [0.25, 0.3) is 0 Å². The van der Waals surface area contributed by atoms with E-state index in [1.807, 2.05) is 48.7 Å². The van der Waals surface area contributed by atoms with Crippen molar-refractivity contribution < 1.29 is 14.3 Å². The lowest BCUT2D eigenvalue weighted by atomic mass is 10.0. The number of rotatable bonds is 8. The third-order valence-corrected chi connectivity index (χ3v) is 5.91. The van der Waals surface area contributed by atoms with Crippen LogP contribution >= 0.6 is 0 Å². The fraction of sp³-hybridized carbons (Fsp3) is 0.360. The molecule has 8 heteroatoms. The summed E-state index contributed by atoms with van der Waals surface area (Å²) in [5, 5.41) is 6.14. The molecule has 2 N–H and O–H groups in total. The zero-order chi connectivity index (χ0) is 23.2. The third-order valence-electron chi connectivity index (χ3n) is 5.91. The zero-order valence-electron chi connectivity index (χ0n) is 19.0. The quantitative estimate of drug-likeness (QED) is 0.550. The van der Waals surface area contributed by atoms with Crippen molar-refractivity contribution in [3.8, 4) is 0 Å². The molecule has 0 saturated carbocycles. The second-order valence-electron chi connectivity index (χ2n) is 7.98. The van der Waals surface area contributed by atoms with Gasteiger partial charge in [0.25, 0.3) is 11.8 Å². The van der Waals surface area contributed by atoms with Gasteiger partial charge in [0.05, 0.1) is 36.6 Å². The van der Waals surface area contributed by atoms with Gasteiger partial charge < -0.3 is 19.9 Å². The summed E-state index contributed by atoms with van der Waals surface area (Å²) in [6, 6.07) is 12.9. The van der Waals surface area contributed by atoms with Gasteiger partial charge in [0.1, 0.15) is 11.5 Å². The number of ether oxygens (including phenoxy) is 1. The largest absolute Gasteiger partial charge is 0.373 e. The Morgan fingerprint density at radius 3 is 2.39 bits per heavy atom. The average molecular weight is 448 g/mol. The monoisotopic (exact) mass is 447 g/mol. The van der Waals surface area contributed by atoms with Crippen LogP contribution in [0.1, 0.15) is 76.7 Å². The highest BCUT2D eigenvalue weighted by Gasteiger charge is 2.28. The number of amides is 2. The maximum absolute atomic E-state index is 13.3. The van der Waals surface area contributed by atoms with Crippen molar-refractivity contribution in [3.63, 3.8) is 0 Å². The number of fused-ring (bicyclic) bond motifs is 1. The van der Waals surface area contributed by atoms with Gasteiger partial charge in [-0.25, -0.2) is 9.97 Å². The summed E-state index contributed by atoms with van der Waals surface area (Å²) in [7, 11) is 0. The van der Waals surface area contributed by atoms with E-state index < -0.39 is 0 Å². The van der Waals surface area contributed by atoms with Crippen molar-refractivity contribution in [2.24, 2.45) is 0 Å². The Bertz CT molecular complexity index is 1010. The standard InChI is InChI=1S/C25H29N5O3/c1-3-19(17-9-6-5-7-10-17)28-25(32)21-15-18(22-16-33-14-13-30(21)22)24(31)29-20(4-2)23-26-11-8-12-27-23/h5-12,15,19-20H,3-4,13-14,16H2,1-2H3,(H,28,32)(H,29,31)/t19-,20+/m0/s1. The van der Waals surface area contributed by atoms with E-state index >= 15 is 0 Å². The van der Waals surface area contributed by atoms with Gasteiger partial charge in [-0.2, -0.15) is 0 Å². The summed E-state index contributed by atoms with van der Waals surface area (Å²) in [6.45, 7) is 5.30. The minimum absolute atomic E-state index is 0.110. The van der Waals surface area contributed by atoms with Gasteiger partial charge in [-0.05, 0) is 30.5 Å². The van der Waals surface area contributed by atoms with Crippen LogP contribution in [0.4, 0.5) is 0 Å². The summed E-state index contributed by atoms with van der Waals surface area (Å²) < 4.78 is 7.50. The van der Waals surface area contributed by atoms with Gasteiger partial charge >= 0.3 is 0 Å². The minimum atomic E-state index is -0.321. The lowest BCUT2D eigenvalue weighted by Crippen LogP contribution is -2.31. The molecule has 33 heavy (non-hydrogen) atoms. The van der Waals surface area contributed by atoms with E-state index in [4.69, 9.17) is 4.74 Å². The summed E-state index contributed by atoms with van der Waals surface area (Å²) in [5.41, 5.74) is 2.67. The van der Waals surface area contributed by atoms with E-state index in [1.54, 1.807) is 24.5 Å². The van der Waals surface area contributed by atoms with E-state index in [-0.39, 0.29) is 30.5 Å². The summed E-state index contributed by atoms with van der Waals surface area (Å²) in [4.78, 5) is 35.0. The van der Waals surface area contributed by atoms with Crippen LogP contribution in [0, 0.1) is 0 Å². The first kappa shape index (κ1) is 22.7. The minimum Gasteiger partial charge on any atom is -0.373 e. The van der Waals surface area contributed by atoms with Crippen LogP contribution in [0.5, 0.6) is 0 Å². The lowest BCUT2D eigenvalue weighted by Gasteiger charge is -2.21. The Morgan fingerprint density at radius 1 is 1.00 bits per heavy atom. The third kappa shape index (κ3) is 4.96. The first-order chi connectivity index (χ1) is 16.1. The number of hydrogen-bond acceptors (Lipinski definition) is 5. The van der Waals surface area contributed by atoms with Gasteiger partial charge in [0.2, 0.25) is 0 Å². The van der Waals surface area contributed by atoms with Crippen LogP contribution in [-0.4, -0.2) is 33.0 Å². The van der Waals surface area contributed by atoms with E-state index in [9.17, 15) is 9.59 Å². The Kier molecular flexibility index (Phi) is 7.14. The van der Waals surface area contributed by atoms with Crippen LogP contribution < -0.4 is 10.6 Å². The zero-order valence-corrected chi connectivity index (χ0v) is 19.0. The van der Waals surface area contributed by atoms with E-state index in [0.29, 0.717) is 42.3 Å². The first-order valence-corrected chi connectivity index (χ1v) is 11.4. The van der Waals surface area contributed by atoms with E-state index in [1.165, 1.54) is 0 Å². The molecular formula is C25H29N5O3. The van der Waals surface area contributed by atoms with Crippen molar-refractivity contribution in [1.29, 1.82) is 0 Å². The first-order valence-electron chi connectivity index (χ1n) is 11.4. The molecule has 0 saturated heterocycles. The molecule has 0 spiro atoms. The smallest absolute Gasteiger partial charge is 0.268 e. The predicted octanol–water partition coefficient (Wildman–Crippen LogP) is 3.57. The molecular weight excluding hydrogens is 418 g/mol. The molecule has 0 fully saturated rings. The molecule has 0 radical (unpaired) electrons. The highest BCUT2D eigenvalue weighted by molar-refractivity contribution is 6.01. The Hall–Kier alpha value is -3.52. The number of benzene rings is 1. The van der Waals surface area contributed by atoms with Crippen molar-refractivity contribution in [3.05, 3.63) is 83.2 Å². The van der Waals surface area contributed by atoms with Crippen LogP contribution in [0.3, 0.4) is 0 Å². The number of carbonyl (C=O) groups excluding carboxylic acids is 2. The highest BCUT2D eigenvalue weighted by atomic mass is 16.5. The highest BCUT2D eigenvalue weighted by Crippen LogP contribution is 2.24. The molecule has 4 rings (SSSR count). The Balaban J connectivity index is 1.58. The molecule has 1 aromatic carbocycles. The SMILES string of the molecule is CC[C@H](NC(=O)c1cc(C(=O)N[C@H](CC)c2ncccn2)c2n1CCOC2)c1ccccc1. The summed E-state index contributed by atoms with van der Waals surface area (Å²) in [6.07, 6.45) is 4.72. The average Bonchev–Trinajstić information content (AvgIpc) is 3.26. The summed E-state index contributed by atoms with van der Waals surface area (Å²) >= 11 is 0. The van der Waals surface area contributed by atoms with Crippen molar-refractivity contribution in [2.75, 3.05) is 6.61 Å². The lowest BCUT2D eigenvalue weighted by molar-refractivity contribution is 0.0773. The Morgan fingerprint density at radius 2 is 1.70 bits per heavy atom. The number of nitrogens with zero attached hydrogens (tertiary/aromatic N) is 3. The van der Waals surface area contributed by atoms with Crippen molar-refractivity contribution in [1.82, 2.24) is 25.2 Å². The second-order valence-corrected chi connectivity index (χ2v) is 7.98. The molecule has 0 unspecified atom stereocenters. The second kappa shape index (κ2) is 10.4. The molecule has 0 aliphatic carbocycles. The molecule has 1 aliphatic heterocycles. The molecule has 3 heterocycles. The number of nitrogens with one attached hydrogen (secondary N) is 2. The molecule has 8 nitrogen and oxygen atoms in total. The molecule has 3 aromatic rings.